The highest BCUT2D eigenvalue weighted by molar-refractivity contribution is 9.18. The Morgan fingerprint density at radius 3 is 2.54 bits per heavy atom. The number of carbonyl (C=O) groups excluding carboxylic acids is 1. The molecule has 0 spiro atoms. The van der Waals surface area contributed by atoms with Gasteiger partial charge in [0.05, 0.1) is 5.69 Å². The quantitative estimate of drug-likeness (QED) is 0.554. The van der Waals surface area contributed by atoms with Crippen molar-refractivity contribution in [2.45, 2.75) is 0 Å². The van der Waals surface area contributed by atoms with E-state index in [4.69, 9.17) is 0 Å². The van der Waals surface area contributed by atoms with Crippen LogP contribution in [0, 0.1) is 11.6 Å². The molecule has 0 heterocycles. The zero-order chi connectivity index (χ0) is 10.0. The van der Waals surface area contributed by atoms with E-state index < -0.39 is 16.5 Å². The molecule has 0 fully saturated rings. The van der Waals surface area contributed by atoms with Gasteiger partial charge < -0.3 is 4.90 Å². The molecule has 0 aromatic heterocycles. The number of carbonyl (C=O) groups is 1. The number of halogens is 3. The van der Waals surface area contributed by atoms with E-state index in [-0.39, 0.29) is 5.69 Å². The fraction of sp³-hybridized carbons (Fsp3) is 0.125. The lowest BCUT2D eigenvalue weighted by Gasteiger charge is -2.13. The maximum Gasteiger partial charge on any atom is 0.293 e. The van der Waals surface area contributed by atoms with Crippen LogP contribution in [0.15, 0.2) is 18.2 Å². The third kappa shape index (κ3) is 2.24. The summed E-state index contributed by atoms with van der Waals surface area (Å²) in [5, 5.41) is 0. The minimum Gasteiger partial charge on any atom is -0.303 e. The van der Waals surface area contributed by atoms with Gasteiger partial charge in [-0.15, -0.1) is 0 Å². The van der Waals surface area contributed by atoms with Crippen molar-refractivity contribution >= 4 is 26.4 Å². The summed E-state index contributed by atoms with van der Waals surface area (Å²) in [7, 11) is 1.38. The van der Waals surface area contributed by atoms with Crippen LogP contribution in [0.3, 0.4) is 0 Å². The van der Waals surface area contributed by atoms with Crippen LogP contribution in [0.5, 0.6) is 0 Å². The maximum absolute atomic E-state index is 13.0. The molecule has 0 saturated heterocycles. The highest BCUT2D eigenvalue weighted by Gasteiger charge is 2.12. The van der Waals surface area contributed by atoms with Crippen molar-refractivity contribution < 1.29 is 13.6 Å². The smallest absolute Gasteiger partial charge is 0.293 e. The molecule has 0 unspecified atom stereocenters. The molecule has 0 aliphatic carbocycles. The zero-order valence-electron chi connectivity index (χ0n) is 6.72. The van der Waals surface area contributed by atoms with Crippen molar-refractivity contribution in [3.63, 3.8) is 0 Å². The normalized spacial score (nSPS) is 9.85. The number of hydrogen-bond acceptors (Lipinski definition) is 1. The standard InChI is InChI=1S/C8H6BrF2NO/c1-12(8(9)13)7-3-2-5(10)4-6(7)11/h2-4H,1H3. The van der Waals surface area contributed by atoms with Gasteiger partial charge in [-0.05, 0) is 12.1 Å². The Balaban J connectivity index is 3.08. The van der Waals surface area contributed by atoms with Gasteiger partial charge in [-0.1, -0.05) is 0 Å². The van der Waals surface area contributed by atoms with E-state index in [2.05, 4.69) is 15.9 Å². The minimum atomic E-state index is -0.768. The Hall–Kier alpha value is -0.970. The van der Waals surface area contributed by atoms with Crippen molar-refractivity contribution in [2.75, 3.05) is 11.9 Å². The lowest BCUT2D eigenvalue weighted by Crippen LogP contribution is -2.20. The highest BCUT2D eigenvalue weighted by atomic mass is 79.9. The van der Waals surface area contributed by atoms with Gasteiger partial charge in [0.2, 0.25) is 0 Å². The van der Waals surface area contributed by atoms with Crippen molar-refractivity contribution in [1.29, 1.82) is 0 Å². The van der Waals surface area contributed by atoms with Gasteiger partial charge in [-0.25, -0.2) is 8.78 Å². The summed E-state index contributed by atoms with van der Waals surface area (Å²) in [6.45, 7) is 0. The first kappa shape index (κ1) is 10.1. The largest absolute Gasteiger partial charge is 0.303 e. The summed E-state index contributed by atoms with van der Waals surface area (Å²) in [6.07, 6.45) is 0. The van der Waals surface area contributed by atoms with Crippen LogP contribution in [0.4, 0.5) is 19.3 Å². The van der Waals surface area contributed by atoms with E-state index in [1.54, 1.807) is 0 Å². The van der Waals surface area contributed by atoms with Gasteiger partial charge in [-0.2, -0.15) is 0 Å². The fourth-order valence-corrected chi connectivity index (χ4v) is 1.04. The average molecular weight is 250 g/mol. The predicted molar refractivity (Wildman–Crippen MR) is 49.1 cm³/mol. The second kappa shape index (κ2) is 3.83. The monoisotopic (exact) mass is 249 g/mol. The summed E-state index contributed by atoms with van der Waals surface area (Å²) in [4.78, 5) is 11.3. The molecule has 1 rings (SSSR count). The molecule has 2 nitrogen and oxygen atoms in total. The fourth-order valence-electron chi connectivity index (χ4n) is 0.848. The number of benzene rings is 1. The predicted octanol–water partition coefficient (Wildman–Crippen LogP) is 2.92. The molecule has 0 aliphatic rings. The SMILES string of the molecule is CN(C(=O)Br)c1ccc(F)cc1F. The molecule has 1 aromatic rings. The van der Waals surface area contributed by atoms with Crippen LogP contribution in [0.25, 0.3) is 0 Å². The van der Waals surface area contributed by atoms with Gasteiger partial charge in [0.1, 0.15) is 11.6 Å². The Bertz CT molecular complexity index is 343. The van der Waals surface area contributed by atoms with Crippen LogP contribution in [0.1, 0.15) is 0 Å². The van der Waals surface area contributed by atoms with Crippen LogP contribution in [-0.2, 0) is 0 Å². The van der Waals surface area contributed by atoms with Crippen LogP contribution < -0.4 is 4.90 Å². The van der Waals surface area contributed by atoms with E-state index in [1.807, 2.05) is 0 Å². The van der Waals surface area contributed by atoms with Crippen molar-refractivity contribution in [1.82, 2.24) is 0 Å². The van der Waals surface area contributed by atoms with Crippen molar-refractivity contribution in [2.24, 2.45) is 0 Å². The van der Waals surface area contributed by atoms with E-state index in [0.29, 0.717) is 0 Å². The lowest BCUT2D eigenvalue weighted by atomic mass is 10.3. The molecular formula is C8H6BrF2NO. The molecule has 0 aliphatic heterocycles. The second-order valence-electron chi connectivity index (χ2n) is 2.41. The number of anilines is 1. The van der Waals surface area contributed by atoms with Crippen molar-refractivity contribution in [3.05, 3.63) is 29.8 Å². The summed E-state index contributed by atoms with van der Waals surface area (Å²) in [5.41, 5.74) is 0.0308. The molecule has 0 saturated carbocycles. The molecule has 0 radical (unpaired) electrons. The minimum absolute atomic E-state index is 0.0308. The third-order valence-electron chi connectivity index (χ3n) is 1.53. The average Bonchev–Trinajstić information content (AvgIpc) is 2.03. The van der Waals surface area contributed by atoms with E-state index in [0.717, 1.165) is 17.0 Å². The number of nitrogens with zero attached hydrogens (tertiary/aromatic N) is 1. The summed E-state index contributed by atoms with van der Waals surface area (Å²) in [5.74, 6) is -1.44. The van der Waals surface area contributed by atoms with Crippen molar-refractivity contribution in [3.8, 4) is 0 Å². The highest BCUT2D eigenvalue weighted by Crippen LogP contribution is 2.20. The molecule has 70 valence electrons. The van der Waals surface area contributed by atoms with Crippen LogP contribution in [-0.4, -0.2) is 11.9 Å². The van der Waals surface area contributed by atoms with E-state index in [1.165, 1.54) is 13.1 Å². The van der Waals surface area contributed by atoms with Gasteiger partial charge in [0, 0.05) is 29.0 Å². The Labute approximate surface area is 82.3 Å². The topological polar surface area (TPSA) is 20.3 Å². The number of rotatable bonds is 1. The number of hydrogen-bond donors (Lipinski definition) is 0. The van der Waals surface area contributed by atoms with Gasteiger partial charge in [0.25, 0.3) is 4.82 Å². The first-order chi connectivity index (χ1) is 6.02. The molecule has 5 heteroatoms. The molecular weight excluding hydrogens is 244 g/mol. The van der Waals surface area contributed by atoms with Gasteiger partial charge in [0.15, 0.2) is 0 Å². The van der Waals surface area contributed by atoms with Gasteiger partial charge in [-0.3, -0.25) is 4.79 Å². The second-order valence-corrected chi connectivity index (χ2v) is 3.09. The first-order valence-electron chi connectivity index (χ1n) is 3.40. The summed E-state index contributed by atoms with van der Waals surface area (Å²) in [6, 6.07) is 3.01. The Morgan fingerprint density at radius 2 is 2.08 bits per heavy atom. The van der Waals surface area contributed by atoms with Gasteiger partial charge >= 0.3 is 0 Å². The lowest BCUT2D eigenvalue weighted by molar-refractivity contribution is 0.267. The molecule has 1 aromatic carbocycles. The summed E-state index contributed by atoms with van der Waals surface area (Å²) < 4.78 is 25.5. The van der Waals surface area contributed by atoms with Crippen LogP contribution >= 0.6 is 15.9 Å². The molecule has 0 bridgehead atoms. The van der Waals surface area contributed by atoms with E-state index >= 15 is 0 Å². The molecule has 1 amide bonds. The number of amides is 1. The third-order valence-corrected chi connectivity index (χ3v) is 2.07. The van der Waals surface area contributed by atoms with Crippen LogP contribution in [0.2, 0.25) is 0 Å². The Kier molecular flexibility index (Phi) is 2.98. The maximum atomic E-state index is 13.0. The molecule has 0 atom stereocenters. The summed E-state index contributed by atoms with van der Waals surface area (Å²) >= 11 is 2.66. The Morgan fingerprint density at radius 1 is 1.46 bits per heavy atom. The first-order valence-corrected chi connectivity index (χ1v) is 4.20. The molecule has 0 N–H and O–H groups in total. The van der Waals surface area contributed by atoms with E-state index in [9.17, 15) is 13.6 Å². The zero-order valence-corrected chi connectivity index (χ0v) is 8.31. The molecule has 13 heavy (non-hydrogen) atoms.